The first-order valence-corrected chi connectivity index (χ1v) is 11.2. The Morgan fingerprint density at radius 2 is 1.88 bits per heavy atom. The molecule has 11 heteroatoms. The molecule has 1 aliphatic heterocycles. The highest BCUT2D eigenvalue weighted by atomic mass is 79.9. The highest BCUT2D eigenvalue weighted by Crippen LogP contribution is 2.49. The summed E-state index contributed by atoms with van der Waals surface area (Å²) in [5.41, 5.74) is -1.14. The molecular weight excluding hydrogens is 485 g/mol. The molecule has 3 aliphatic rings. The van der Waals surface area contributed by atoms with Crippen LogP contribution in [-0.2, 0) is 15.7 Å². The molecule has 0 radical (unpaired) electrons. The Hall–Kier alpha value is -0.0300. The van der Waals surface area contributed by atoms with Gasteiger partial charge in [0.1, 0.15) is 4.90 Å². The summed E-state index contributed by atoms with van der Waals surface area (Å²) in [4.78, 5) is 6.35. The Kier molecular flexibility index (Phi) is 5.65. The number of nitrogens with two attached hydrogens (primary N) is 1. The maximum absolute atomic E-state index is 11.8. The van der Waals surface area contributed by atoms with Crippen LogP contribution in [0, 0.1) is 0 Å². The van der Waals surface area contributed by atoms with E-state index in [0.717, 1.165) is 30.9 Å². The average Bonchev–Trinajstić information content (AvgIpc) is 3.39. The molecule has 6 nitrogen and oxygen atoms in total. The number of aliphatic imine (C=N–C) groups is 1. The fraction of sp³-hybridized carbons (Fsp3) is 0.533. The predicted octanol–water partition coefficient (Wildman–Crippen LogP) is 3.09. The van der Waals surface area contributed by atoms with Crippen LogP contribution in [0.5, 0.6) is 0 Å². The summed E-state index contributed by atoms with van der Waals surface area (Å²) in [7, 11) is -4.03. The molecule has 1 heterocycles. The lowest BCUT2D eigenvalue weighted by Gasteiger charge is -2.35. The van der Waals surface area contributed by atoms with Gasteiger partial charge in [-0.15, -0.1) is 17.0 Å². The Morgan fingerprint density at radius 1 is 1.23 bits per heavy atom. The number of thioether (sulfide) groups is 1. The summed E-state index contributed by atoms with van der Waals surface area (Å²) >= 11 is 13.8. The Balaban J connectivity index is 0.00000196. The molecule has 2 aliphatic carbocycles. The van der Waals surface area contributed by atoms with Crippen LogP contribution in [-0.4, -0.2) is 41.4 Å². The van der Waals surface area contributed by atoms with E-state index < -0.39 is 15.7 Å². The van der Waals surface area contributed by atoms with Gasteiger partial charge < -0.3 is 10.0 Å². The quantitative estimate of drug-likeness (QED) is 0.659. The maximum Gasteiger partial charge on any atom is 0.239 e. The van der Waals surface area contributed by atoms with Crippen molar-refractivity contribution in [2.24, 2.45) is 10.1 Å². The lowest BCUT2D eigenvalue weighted by molar-refractivity contribution is -0.0522. The summed E-state index contributed by atoms with van der Waals surface area (Å²) in [6.07, 6.45) is 4.05. The number of sulfonamides is 1. The number of primary sulfonamides is 1. The minimum absolute atomic E-state index is 0. The molecule has 144 valence electrons. The largest absolute Gasteiger partial charge is 0.366 e. The van der Waals surface area contributed by atoms with Crippen molar-refractivity contribution in [2.75, 3.05) is 5.75 Å². The van der Waals surface area contributed by atoms with Crippen LogP contribution >= 0.6 is 51.9 Å². The van der Waals surface area contributed by atoms with Gasteiger partial charge in [-0.1, -0.05) is 35.0 Å². The van der Waals surface area contributed by atoms with Gasteiger partial charge in [-0.2, -0.15) is 0 Å². The first-order valence-electron chi connectivity index (χ1n) is 7.95. The zero-order chi connectivity index (χ0) is 18.0. The smallest absolute Gasteiger partial charge is 0.239 e. The van der Waals surface area contributed by atoms with E-state index in [1.165, 1.54) is 23.9 Å². The first kappa shape index (κ1) is 20.7. The molecule has 0 aromatic heterocycles. The number of rotatable bonds is 4. The van der Waals surface area contributed by atoms with E-state index in [-0.39, 0.29) is 38.0 Å². The third-order valence-electron chi connectivity index (χ3n) is 4.52. The minimum atomic E-state index is -4.03. The summed E-state index contributed by atoms with van der Waals surface area (Å²) in [5, 5.41) is 17.7. The highest BCUT2D eigenvalue weighted by molar-refractivity contribution is 8.93. The van der Waals surface area contributed by atoms with E-state index in [9.17, 15) is 13.5 Å². The normalized spacial score (nSPS) is 27.7. The second-order valence-corrected chi connectivity index (χ2v) is 9.94. The van der Waals surface area contributed by atoms with Gasteiger partial charge in [0.2, 0.25) is 10.0 Å². The molecule has 1 atom stereocenters. The molecular formula is C15H18BrCl2N3O3S2. The van der Waals surface area contributed by atoms with Gasteiger partial charge in [-0.25, -0.2) is 13.6 Å². The predicted molar refractivity (Wildman–Crippen MR) is 110 cm³/mol. The third kappa shape index (κ3) is 3.76. The molecule has 2 saturated carbocycles. The standard InChI is InChI=1S/C15H17Cl2N3O3S2.BrH/c16-11-6-12(17)13(25(18,22)23)5-10(11)15(21)7-24-14(19-8-1-2-8)20(15)9-3-4-9;/h5-6,8-9,21H,1-4,7H2,(H2,18,22,23);1H. The van der Waals surface area contributed by atoms with Crippen molar-refractivity contribution in [1.29, 1.82) is 0 Å². The summed E-state index contributed by atoms with van der Waals surface area (Å²) in [5.74, 6) is 0.320. The van der Waals surface area contributed by atoms with E-state index in [0.29, 0.717) is 17.4 Å². The van der Waals surface area contributed by atoms with E-state index in [4.69, 9.17) is 33.3 Å². The first-order chi connectivity index (χ1) is 11.7. The summed E-state index contributed by atoms with van der Waals surface area (Å²) in [6, 6.07) is 3.12. The number of hydrogen-bond acceptors (Lipinski definition) is 5. The number of hydrogen-bond donors (Lipinski definition) is 2. The minimum Gasteiger partial charge on any atom is -0.366 e. The van der Waals surface area contributed by atoms with Crippen LogP contribution in [0.15, 0.2) is 22.0 Å². The maximum atomic E-state index is 11.8. The molecule has 1 aromatic rings. The number of benzene rings is 1. The van der Waals surface area contributed by atoms with Crippen molar-refractivity contribution in [3.8, 4) is 0 Å². The Labute approximate surface area is 176 Å². The fourth-order valence-electron chi connectivity index (χ4n) is 2.97. The SMILES string of the molecule is Br.NS(=O)(=O)c1cc(C2(O)CSC(=NC3CC3)N2C2CC2)c(Cl)cc1Cl. The van der Waals surface area contributed by atoms with E-state index in [2.05, 4.69) is 0 Å². The molecule has 0 spiro atoms. The van der Waals surface area contributed by atoms with Crippen molar-refractivity contribution in [2.45, 2.75) is 48.4 Å². The third-order valence-corrected chi connectivity index (χ3v) is 7.31. The second-order valence-electron chi connectivity index (χ2n) is 6.66. The van der Waals surface area contributed by atoms with Gasteiger partial charge in [0.25, 0.3) is 0 Å². The van der Waals surface area contributed by atoms with Gasteiger partial charge >= 0.3 is 0 Å². The summed E-state index contributed by atoms with van der Waals surface area (Å²) in [6.45, 7) is 0. The molecule has 1 saturated heterocycles. The monoisotopic (exact) mass is 501 g/mol. The summed E-state index contributed by atoms with van der Waals surface area (Å²) < 4.78 is 23.6. The molecule has 3 fully saturated rings. The molecule has 0 bridgehead atoms. The topological polar surface area (TPSA) is 96.0 Å². The zero-order valence-electron chi connectivity index (χ0n) is 13.6. The number of halogens is 3. The van der Waals surface area contributed by atoms with Crippen molar-refractivity contribution in [3.63, 3.8) is 0 Å². The highest BCUT2D eigenvalue weighted by Gasteiger charge is 2.52. The van der Waals surface area contributed by atoms with Crippen LogP contribution in [0.4, 0.5) is 0 Å². The molecule has 26 heavy (non-hydrogen) atoms. The molecule has 0 amide bonds. The molecule has 4 rings (SSSR count). The average molecular weight is 503 g/mol. The van der Waals surface area contributed by atoms with Gasteiger partial charge in [-0.05, 0) is 37.8 Å². The van der Waals surface area contributed by atoms with E-state index in [1.54, 1.807) is 0 Å². The fourth-order valence-corrected chi connectivity index (χ4v) is 5.73. The van der Waals surface area contributed by atoms with E-state index in [1.807, 2.05) is 4.90 Å². The zero-order valence-corrected chi connectivity index (χ0v) is 18.4. The lowest BCUT2D eigenvalue weighted by atomic mass is 10.0. The van der Waals surface area contributed by atoms with Gasteiger partial charge in [0, 0.05) is 11.6 Å². The van der Waals surface area contributed by atoms with Gasteiger partial charge in [0.15, 0.2) is 10.9 Å². The second kappa shape index (κ2) is 7.09. The van der Waals surface area contributed by atoms with Crippen LogP contribution in [0.2, 0.25) is 10.0 Å². The number of amidine groups is 1. The van der Waals surface area contributed by atoms with Gasteiger partial charge in [0.05, 0.1) is 21.8 Å². The van der Waals surface area contributed by atoms with Crippen molar-refractivity contribution in [3.05, 3.63) is 27.7 Å². The van der Waals surface area contributed by atoms with E-state index >= 15 is 0 Å². The van der Waals surface area contributed by atoms with Gasteiger partial charge in [-0.3, -0.25) is 4.99 Å². The van der Waals surface area contributed by atoms with Crippen LogP contribution in [0.25, 0.3) is 0 Å². The van der Waals surface area contributed by atoms with Crippen molar-refractivity contribution >= 4 is 67.1 Å². The number of aliphatic hydroxyl groups is 1. The van der Waals surface area contributed by atoms with Crippen LogP contribution in [0.3, 0.4) is 0 Å². The Morgan fingerprint density at radius 3 is 2.42 bits per heavy atom. The number of nitrogens with zero attached hydrogens (tertiary/aromatic N) is 2. The Bertz CT molecular complexity index is 875. The van der Waals surface area contributed by atoms with Crippen molar-refractivity contribution in [1.82, 2.24) is 4.90 Å². The van der Waals surface area contributed by atoms with Crippen LogP contribution in [0.1, 0.15) is 31.2 Å². The molecule has 1 aromatic carbocycles. The lowest BCUT2D eigenvalue weighted by Crippen LogP contribution is -2.46. The molecule has 1 unspecified atom stereocenters. The molecule has 3 N–H and O–H groups in total. The van der Waals surface area contributed by atoms with Crippen LogP contribution < -0.4 is 5.14 Å². The van der Waals surface area contributed by atoms with Crippen molar-refractivity contribution < 1.29 is 13.5 Å².